The topological polar surface area (TPSA) is 32.8 Å². The lowest BCUT2D eigenvalue weighted by molar-refractivity contribution is 0.669. The molecule has 0 aliphatic carbocycles. The van der Waals surface area contributed by atoms with Crippen molar-refractivity contribution < 1.29 is 8.83 Å². The molecular weight excluding hydrogens is 1310 g/mol. The zero-order chi connectivity index (χ0) is 71.4. The fourth-order valence-corrected chi connectivity index (χ4v) is 15.9. The lowest BCUT2D eigenvalue weighted by Gasteiger charge is -2.28. The third-order valence-corrected chi connectivity index (χ3v) is 21.5. The summed E-state index contributed by atoms with van der Waals surface area (Å²) < 4.78 is 13.0. The van der Waals surface area contributed by atoms with Gasteiger partial charge in [-0.2, -0.15) is 0 Å². The smallest absolute Gasteiger partial charge is 0.143 e. The van der Waals surface area contributed by atoms with Crippen molar-refractivity contribution in [3.8, 4) is 100 Å². The van der Waals surface area contributed by atoms with Gasteiger partial charge in [0.2, 0.25) is 0 Å². The fraction of sp³-hybridized carbons (Fsp3) is 0. The Hall–Kier alpha value is -14.3. The van der Waals surface area contributed by atoms with Crippen molar-refractivity contribution in [3.63, 3.8) is 0 Å². The summed E-state index contributed by atoms with van der Waals surface area (Å²) in [6.45, 7) is 0. The van der Waals surface area contributed by atoms with E-state index in [4.69, 9.17) is 8.83 Å². The number of benzene rings is 18. The van der Waals surface area contributed by atoms with Gasteiger partial charge in [0, 0.05) is 66.7 Å². The first-order chi connectivity index (χ1) is 53.5. The summed E-state index contributed by atoms with van der Waals surface area (Å²) in [4.78, 5) is 4.74. The number of hydrogen-bond acceptors (Lipinski definition) is 4. The zero-order valence-electron chi connectivity index (χ0n) is 59.0. The van der Waals surface area contributed by atoms with E-state index in [0.717, 1.165) is 150 Å². The van der Waals surface area contributed by atoms with E-state index in [-0.39, 0.29) is 0 Å². The summed E-state index contributed by atoms with van der Waals surface area (Å²) in [5.74, 6) is 0. The minimum Gasteiger partial charge on any atom is -0.455 e. The third kappa shape index (κ3) is 11.8. The molecule has 0 aliphatic rings. The molecule has 0 saturated heterocycles. The molecular formula is C104H68N2O2. The molecule has 2 heterocycles. The SMILES string of the molecule is c1ccc(-c2cccc(N(c3ccc(-c4ccc(-c5ccc6cc(-c7cccc(-c8ccccc8N(c8ccc(-c9ccc(-c%10ccc%11ccccc%11c%10)cc9)cc8)c8ccc(-c9cccc%10c9oc9ccccc9%10)cc8)c7)ccc6c5)cc4)cc3)c3ccc(-c4cccc5c4oc4ccccc45)cc3)c2)cc1. The maximum atomic E-state index is 6.55. The third-order valence-electron chi connectivity index (χ3n) is 21.5. The number of anilines is 6. The molecule has 4 heteroatoms. The van der Waals surface area contributed by atoms with Gasteiger partial charge in [-0.1, -0.05) is 309 Å². The second-order valence-corrected chi connectivity index (χ2v) is 27.9. The van der Waals surface area contributed by atoms with Gasteiger partial charge in [-0.3, -0.25) is 0 Å². The Balaban J connectivity index is 0.575. The molecule has 18 aromatic carbocycles. The first kappa shape index (κ1) is 63.4. The highest BCUT2D eigenvalue weighted by Crippen LogP contribution is 2.46. The van der Waals surface area contributed by atoms with Crippen molar-refractivity contribution in [2.45, 2.75) is 0 Å². The van der Waals surface area contributed by atoms with Crippen LogP contribution in [0.1, 0.15) is 0 Å². The number of hydrogen-bond donors (Lipinski definition) is 0. The van der Waals surface area contributed by atoms with Crippen LogP contribution in [-0.4, -0.2) is 0 Å². The molecule has 0 radical (unpaired) electrons. The van der Waals surface area contributed by atoms with E-state index < -0.39 is 0 Å². The largest absolute Gasteiger partial charge is 0.455 e. The Kier molecular flexibility index (Phi) is 15.9. The minimum absolute atomic E-state index is 0.890. The van der Waals surface area contributed by atoms with Gasteiger partial charge < -0.3 is 18.6 Å². The van der Waals surface area contributed by atoms with E-state index >= 15 is 0 Å². The predicted octanol–water partition coefficient (Wildman–Crippen LogP) is 29.7. The average Bonchev–Trinajstić information content (AvgIpc) is 1.54. The van der Waals surface area contributed by atoms with Crippen LogP contribution in [0.3, 0.4) is 0 Å². The van der Waals surface area contributed by atoms with Crippen LogP contribution in [0.25, 0.3) is 166 Å². The number of para-hydroxylation sites is 5. The normalized spacial score (nSPS) is 11.5. The highest BCUT2D eigenvalue weighted by atomic mass is 16.3. The second kappa shape index (κ2) is 27.1. The number of rotatable bonds is 15. The van der Waals surface area contributed by atoms with E-state index in [2.05, 4.69) is 398 Å². The van der Waals surface area contributed by atoms with Gasteiger partial charge in [0.1, 0.15) is 22.3 Å². The number of fused-ring (bicyclic) bond motifs is 8. The van der Waals surface area contributed by atoms with E-state index in [1.807, 2.05) is 24.3 Å². The van der Waals surface area contributed by atoms with Crippen LogP contribution in [0.4, 0.5) is 34.1 Å². The van der Waals surface area contributed by atoms with Crippen LogP contribution in [0.15, 0.2) is 421 Å². The Morgan fingerprint density at radius 1 is 0.157 bits per heavy atom. The van der Waals surface area contributed by atoms with Crippen LogP contribution in [0.2, 0.25) is 0 Å². The van der Waals surface area contributed by atoms with Crippen LogP contribution >= 0.6 is 0 Å². The van der Waals surface area contributed by atoms with Gasteiger partial charge in [-0.15, -0.1) is 0 Å². The standard InChI is InChI=1S/C104H68N2O2/c1-2-16-69(17-3-1)81-21-13-23-92(68-81)105(89-60-52-77(53-61-89)94-27-14-29-98-96-25-7-10-32-101(96)107-103(94)98)88-56-48-73(49-57-88)71-36-40-76(41-37-71)83-44-45-86-66-84(46-47-85(86)65-83)80-20-12-22-87(67-80)93-24-6-9-31-100(93)106(91-62-54-78(55-63-91)95-28-15-30-99-97-26-8-11-33-102(97)108-104(95)99)90-58-50-74(51-59-90)72-34-38-75(39-35-72)82-43-42-70-18-4-5-19-79(70)64-82/h1-68H. The van der Waals surface area contributed by atoms with Gasteiger partial charge in [-0.25, -0.2) is 0 Å². The molecule has 0 saturated carbocycles. The summed E-state index contributed by atoms with van der Waals surface area (Å²) in [5.41, 5.74) is 30.5. The summed E-state index contributed by atoms with van der Waals surface area (Å²) >= 11 is 0. The molecule has 2 aromatic heterocycles. The van der Waals surface area contributed by atoms with Crippen molar-refractivity contribution in [2.75, 3.05) is 9.80 Å². The number of furan rings is 2. The first-order valence-corrected chi connectivity index (χ1v) is 36.9. The molecule has 0 bridgehead atoms. The molecule has 0 spiro atoms. The molecule has 0 N–H and O–H groups in total. The van der Waals surface area contributed by atoms with Crippen molar-refractivity contribution >= 4 is 99.5 Å². The molecule has 506 valence electrons. The van der Waals surface area contributed by atoms with Gasteiger partial charge in [-0.05, 0) is 208 Å². The van der Waals surface area contributed by atoms with Crippen LogP contribution in [0.5, 0.6) is 0 Å². The lowest BCUT2D eigenvalue weighted by Crippen LogP contribution is -2.11. The Bertz CT molecular complexity index is 6750. The molecule has 20 aromatic rings. The van der Waals surface area contributed by atoms with Crippen LogP contribution < -0.4 is 9.80 Å². The van der Waals surface area contributed by atoms with Crippen LogP contribution in [0, 0.1) is 0 Å². The lowest BCUT2D eigenvalue weighted by atomic mass is 9.94. The molecule has 20 rings (SSSR count). The van der Waals surface area contributed by atoms with Crippen molar-refractivity contribution in [1.29, 1.82) is 0 Å². The highest BCUT2D eigenvalue weighted by molar-refractivity contribution is 6.11. The molecule has 0 unspecified atom stereocenters. The van der Waals surface area contributed by atoms with Crippen LogP contribution in [-0.2, 0) is 0 Å². The number of nitrogens with zero attached hydrogens (tertiary/aromatic N) is 2. The first-order valence-electron chi connectivity index (χ1n) is 36.9. The Labute approximate surface area is 626 Å². The van der Waals surface area contributed by atoms with E-state index in [0.29, 0.717) is 0 Å². The van der Waals surface area contributed by atoms with E-state index in [1.165, 1.54) is 49.4 Å². The average molecular weight is 1380 g/mol. The van der Waals surface area contributed by atoms with Gasteiger partial charge in [0.05, 0.1) is 5.69 Å². The molecule has 108 heavy (non-hydrogen) atoms. The molecule has 0 fully saturated rings. The summed E-state index contributed by atoms with van der Waals surface area (Å²) in [6.07, 6.45) is 0. The fourth-order valence-electron chi connectivity index (χ4n) is 15.9. The zero-order valence-corrected chi connectivity index (χ0v) is 59.0. The van der Waals surface area contributed by atoms with Gasteiger partial charge in [0.15, 0.2) is 0 Å². The quantitative estimate of drug-likeness (QED) is 0.102. The maximum Gasteiger partial charge on any atom is 0.143 e. The minimum atomic E-state index is 0.890. The molecule has 0 aliphatic heterocycles. The Morgan fingerprint density at radius 2 is 0.472 bits per heavy atom. The van der Waals surface area contributed by atoms with Gasteiger partial charge in [0.25, 0.3) is 0 Å². The van der Waals surface area contributed by atoms with Crippen molar-refractivity contribution in [2.24, 2.45) is 0 Å². The van der Waals surface area contributed by atoms with Crippen molar-refractivity contribution in [3.05, 3.63) is 413 Å². The highest BCUT2D eigenvalue weighted by Gasteiger charge is 2.22. The molecule has 0 amide bonds. The summed E-state index contributed by atoms with van der Waals surface area (Å²) in [6, 6.07) is 149. The van der Waals surface area contributed by atoms with Gasteiger partial charge >= 0.3 is 0 Å². The van der Waals surface area contributed by atoms with Crippen molar-refractivity contribution in [1.82, 2.24) is 0 Å². The van der Waals surface area contributed by atoms with E-state index in [9.17, 15) is 0 Å². The summed E-state index contributed by atoms with van der Waals surface area (Å²) in [5, 5.41) is 9.35. The maximum absolute atomic E-state index is 6.55. The monoisotopic (exact) mass is 1380 g/mol. The molecule has 4 nitrogen and oxygen atoms in total. The second-order valence-electron chi connectivity index (χ2n) is 27.9. The Morgan fingerprint density at radius 3 is 1.00 bits per heavy atom. The predicted molar refractivity (Wildman–Crippen MR) is 454 cm³/mol. The van der Waals surface area contributed by atoms with E-state index in [1.54, 1.807) is 0 Å². The summed E-state index contributed by atoms with van der Waals surface area (Å²) in [7, 11) is 0. The molecule has 0 atom stereocenters.